The van der Waals surface area contributed by atoms with Gasteiger partial charge in [-0.15, -0.1) is 0 Å². The highest BCUT2D eigenvalue weighted by Gasteiger charge is 2.39. The lowest BCUT2D eigenvalue weighted by Crippen LogP contribution is -2.46. The van der Waals surface area contributed by atoms with Gasteiger partial charge >= 0.3 is 0 Å². The van der Waals surface area contributed by atoms with Gasteiger partial charge in [0.25, 0.3) is 0 Å². The van der Waals surface area contributed by atoms with Gasteiger partial charge < -0.3 is 25.4 Å². The number of nitrogens with two attached hydrogens (primary N) is 1. The first-order valence-electron chi connectivity index (χ1n) is 8.67. The average molecular weight is 347 g/mol. The molecule has 2 fully saturated rings. The van der Waals surface area contributed by atoms with Crippen molar-refractivity contribution >= 4 is 23.2 Å². The normalized spacial score (nSPS) is 19.8. The molecule has 2 aliphatic heterocycles. The maximum absolute atomic E-state index is 12.8. The van der Waals surface area contributed by atoms with Crippen LogP contribution in [0.2, 0.25) is 0 Å². The lowest BCUT2D eigenvalue weighted by atomic mass is 9.79. The van der Waals surface area contributed by atoms with E-state index in [9.17, 15) is 9.59 Å². The number of anilines is 2. The van der Waals surface area contributed by atoms with Crippen molar-refractivity contribution in [2.45, 2.75) is 25.7 Å². The van der Waals surface area contributed by atoms with Gasteiger partial charge in [0.15, 0.2) is 0 Å². The van der Waals surface area contributed by atoms with Crippen molar-refractivity contribution in [3.05, 3.63) is 18.2 Å². The third-order valence-electron chi connectivity index (χ3n) is 5.12. The van der Waals surface area contributed by atoms with E-state index in [4.69, 9.17) is 15.2 Å². The molecule has 7 nitrogen and oxygen atoms in total. The molecule has 0 unspecified atom stereocenters. The Hall–Kier alpha value is -2.12. The minimum atomic E-state index is -0.595. The summed E-state index contributed by atoms with van der Waals surface area (Å²) in [5, 5.41) is 2.97. The van der Waals surface area contributed by atoms with Crippen LogP contribution in [-0.2, 0) is 14.3 Å². The van der Waals surface area contributed by atoms with Gasteiger partial charge in [-0.3, -0.25) is 9.59 Å². The van der Waals surface area contributed by atoms with Gasteiger partial charge in [0, 0.05) is 38.4 Å². The van der Waals surface area contributed by atoms with E-state index in [1.165, 1.54) is 0 Å². The molecule has 0 aliphatic carbocycles. The first-order valence-corrected chi connectivity index (χ1v) is 8.67. The van der Waals surface area contributed by atoms with E-state index in [-0.39, 0.29) is 18.4 Å². The van der Waals surface area contributed by atoms with Crippen molar-refractivity contribution in [2.75, 3.05) is 43.6 Å². The summed E-state index contributed by atoms with van der Waals surface area (Å²) in [7, 11) is 1.57. The second kappa shape index (κ2) is 7.41. The summed E-state index contributed by atoms with van der Waals surface area (Å²) in [6, 6.07) is 5.35. The molecular weight excluding hydrogens is 322 g/mol. The average Bonchev–Trinajstić information content (AvgIpc) is 3.08. The van der Waals surface area contributed by atoms with Crippen LogP contribution in [0, 0.1) is 5.41 Å². The molecule has 2 saturated heterocycles. The van der Waals surface area contributed by atoms with Crippen molar-refractivity contribution in [2.24, 2.45) is 11.1 Å². The first kappa shape index (κ1) is 17.7. The fourth-order valence-electron chi connectivity index (χ4n) is 3.43. The Morgan fingerprint density at radius 2 is 2.16 bits per heavy atom. The van der Waals surface area contributed by atoms with Gasteiger partial charge in [-0.2, -0.15) is 0 Å². The zero-order valence-electron chi connectivity index (χ0n) is 14.5. The first-order chi connectivity index (χ1) is 12.1. The van der Waals surface area contributed by atoms with Crippen LogP contribution in [0.5, 0.6) is 5.75 Å². The molecule has 2 aliphatic rings. The lowest BCUT2D eigenvalue weighted by molar-refractivity contribution is -0.130. The van der Waals surface area contributed by atoms with E-state index in [0.717, 1.165) is 6.42 Å². The summed E-state index contributed by atoms with van der Waals surface area (Å²) in [6.07, 6.45) is 2.59. The Labute approximate surface area is 147 Å². The number of hydrogen-bond donors (Lipinski definition) is 2. The molecule has 1 aromatic rings. The van der Waals surface area contributed by atoms with Gasteiger partial charge in [0.05, 0.1) is 18.2 Å². The molecule has 7 heteroatoms. The molecule has 1 aromatic carbocycles. The van der Waals surface area contributed by atoms with Crippen LogP contribution in [0.25, 0.3) is 0 Å². The smallest absolute Gasteiger partial charge is 0.232 e. The second-order valence-corrected chi connectivity index (χ2v) is 6.59. The number of nitrogens with zero attached hydrogens (tertiary/aromatic N) is 1. The van der Waals surface area contributed by atoms with Crippen molar-refractivity contribution in [3.63, 3.8) is 0 Å². The molecule has 0 saturated carbocycles. The van der Waals surface area contributed by atoms with Crippen LogP contribution in [0.1, 0.15) is 25.7 Å². The fraction of sp³-hybridized carbons (Fsp3) is 0.556. The molecule has 25 heavy (non-hydrogen) atoms. The van der Waals surface area contributed by atoms with Gasteiger partial charge in [0.2, 0.25) is 11.8 Å². The quantitative estimate of drug-likeness (QED) is 0.842. The maximum atomic E-state index is 12.8. The molecule has 3 N–H and O–H groups in total. The predicted molar refractivity (Wildman–Crippen MR) is 94.8 cm³/mol. The van der Waals surface area contributed by atoms with Gasteiger partial charge in [-0.05, 0) is 37.5 Å². The molecule has 0 spiro atoms. The minimum Gasteiger partial charge on any atom is -0.495 e. The van der Waals surface area contributed by atoms with E-state index in [1.807, 2.05) is 0 Å². The molecule has 3 rings (SSSR count). The number of methoxy groups -OCH3 is 1. The zero-order valence-corrected chi connectivity index (χ0v) is 14.5. The Kier molecular flexibility index (Phi) is 5.24. The number of rotatable bonds is 5. The SMILES string of the molecule is COc1ccc(NC(=O)C2(CN)CCOCC2)cc1N1CCCC1=O. The highest BCUT2D eigenvalue weighted by molar-refractivity contribution is 5.99. The summed E-state index contributed by atoms with van der Waals surface area (Å²) < 4.78 is 10.7. The molecule has 0 radical (unpaired) electrons. The standard InChI is InChI=1S/C18H25N3O4/c1-24-15-5-4-13(11-14(15)21-8-2-3-16(21)22)20-17(23)18(12-19)6-9-25-10-7-18/h4-5,11H,2-3,6-10,12,19H2,1H3,(H,20,23). The lowest BCUT2D eigenvalue weighted by Gasteiger charge is -2.34. The Morgan fingerprint density at radius 1 is 1.40 bits per heavy atom. The van der Waals surface area contributed by atoms with Crippen LogP contribution in [-0.4, -0.2) is 45.2 Å². The molecule has 0 atom stereocenters. The number of ether oxygens (including phenoxy) is 2. The van der Waals surface area contributed by atoms with Crippen molar-refractivity contribution < 1.29 is 19.1 Å². The molecule has 0 bridgehead atoms. The van der Waals surface area contributed by atoms with E-state index in [0.29, 0.717) is 56.1 Å². The van der Waals surface area contributed by atoms with E-state index >= 15 is 0 Å². The van der Waals surface area contributed by atoms with Crippen LogP contribution in [0.4, 0.5) is 11.4 Å². The summed E-state index contributed by atoms with van der Waals surface area (Å²) in [5.41, 5.74) is 6.63. The van der Waals surface area contributed by atoms with Gasteiger partial charge in [-0.25, -0.2) is 0 Å². The maximum Gasteiger partial charge on any atom is 0.232 e. The predicted octanol–water partition coefficient (Wildman–Crippen LogP) is 1.52. The highest BCUT2D eigenvalue weighted by Crippen LogP contribution is 2.35. The summed E-state index contributed by atoms with van der Waals surface area (Å²) in [5.74, 6) is 0.597. The Balaban J connectivity index is 1.82. The number of carbonyl (C=O) groups is 2. The number of carbonyl (C=O) groups excluding carboxylic acids is 2. The number of benzene rings is 1. The molecular formula is C18H25N3O4. The number of hydrogen-bond acceptors (Lipinski definition) is 5. The minimum absolute atomic E-state index is 0.0737. The third-order valence-corrected chi connectivity index (χ3v) is 5.12. The molecule has 2 amide bonds. The molecule has 2 heterocycles. The van der Waals surface area contributed by atoms with E-state index in [1.54, 1.807) is 30.2 Å². The third kappa shape index (κ3) is 3.48. The van der Waals surface area contributed by atoms with Crippen molar-refractivity contribution in [1.29, 1.82) is 0 Å². The van der Waals surface area contributed by atoms with Crippen molar-refractivity contribution in [3.8, 4) is 5.75 Å². The zero-order chi connectivity index (χ0) is 17.9. The molecule has 0 aromatic heterocycles. The van der Waals surface area contributed by atoms with Gasteiger partial charge in [0.1, 0.15) is 5.75 Å². The number of nitrogens with one attached hydrogen (secondary N) is 1. The van der Waals surface area contributed by atoms with Gasteiger partial charge in [-0.1, -0.05) is 0 Å². The van der Waals surface area contributed by atoms with Crippen LogP contribution >= 0.6 is 0 Å². The van der Waals surface area contributed by atoms with Crippen LogP contribution in [0.15, 0.2) is 18.2 Å². The Morgan fingerprint density at radius 3 is 2.76 bits per heavy atom. The monoisotopic (exact) mass is 347 g/mol. The summed E-state index contributed by atoms with van der Waals surface area (Å²) >= 11 is 0. The number of amides is 2. The van der Waals surface area contributed by atoms with E-state index < -0.39 is 5.41 Å². The van der Waals surface area contributed by atoms with Crippen LogP contribution < -0.4 is 20.7 Å². The highest BCUT2D eigenvalue weighted by atomic mass is 16.5. The summed E-state index contributed by atoms with van der Waals surface area (Å²) in [4.78, 5) is 26.6. The largest absolute Gasteiger partial charge is 0.495 e. The van der Waals surface area contributed by atoms with Crippen LogP contribution in [0.3, 0.4) is 0 Å². The van der Waals surface area contributed by atoms with E-state index in [2.05, 4.69) is 5.32 Å². The fourth-order valence-corrected chi connectivity index (χ4v) is 3.43. The molecule has 136 valence electrons. The topological polar surface area (TPSA) is 93.9 Å². The van der Waals surface area contributed by atoms with Crippen molar-refractivity contribution in [1.82, 2.24) is 0 Å². The summed E-state index contributed by atoms with van der Waals surface area (Å²) in [6.45, 7) is 2.04. The Bertz CT molecular complexity index is 656. The second-order valence-electron chi connectivity index (χ2n) is 6.59.